The van der Waals surface area contributed by atoms with Crippen molar-refractivity contribution in [1.29, 1.82) is 0 Å². The first-order chi connectivity index (χ1) is 10.6. The van der Waals surface area contributed by atoms with Crippen molar-refractivity contribution in [2.45, 2.75) is 32.8 Å². The first-order valence-electron chi connectivity index (χ1n) is 8.18. The number of nitrogens with zero attached hydrogens (tertiary/aromatic N) is 1. The smallest absolute Gasteiger partial charge is 0.122 e. The molecule has 1 aromatic carbocycles. The highest BCUT2D eigenvalue weighted by molar-refractivity contribution is 5.35. The van der Waals surface area contributed by atoms with Crippen LogP contribution in [0.1, 0.15) is 24.0 Å². The van der Waals surface area contributed by atoms with Crippen molar-refractivity contribution >= 4 is 0 Å². The molecule has 22 heavy (non-hydrogen) atoms. The second-order valence-corrected chi connectivity index (χ2v) is 6.46. The number of likely N-dealkylation sites (tertiary alicyclic amines) is 1. The molecule has 0 amide bonds. The quantitative estimate of drug-likeness (QED) is 0.840. The fourth-order valence-corrected chi connectivity index (χ4v) is 3.09. The first kappa shape index (κ1) is 17.3. The van der Waals surface area contributed by atoms with Gasteiger partial charge in [0.25, 0.3) is 0 Å². The van der Waals surface area contributed by atoms with Crippen LogP contribution in [0.3, 0.4) is 0 Å². The highest BCUT2D eigenvalue weighted by Gasteiger charge is 2.21. The van der Waals surface area contributed by atoms with Crippen molar-refractivity contribution in [3.05, 3.63) is 29.3 Å². The molecule has 0 bridgehead atoms. The zero-order valence-electron chi connectivity index (χ0n) is 14.0. The SMILES string of the molecule is COCC1CCCN(CC(O)COc2cc(C)ccc2C)C1. The van der Waals surface area contributed by atoms with E-state index in [9.17, 15) is 5.11 Å². The molecular weight excluding hydrogens is 278 g/mol. The van der Waals surface area contributed by atoms with Crippen LogP contribution < -0.4 is 4.74 Å². The number of methoxy groups -OCH3 is 1. The average Bonchev–Trinajstić information content (AvgIpc) is 2.49. The number of hydrogen-bond acceptors (Lipinski definition) is 4. The van der Waals surface area contributed by atoms with Crippen molar-refractivity contribution in [2.24, 2.45) is 5.92 Å². The van der Waals surface area contributed by atoms with E-state index in [0.29, 0.717) is 19.1 Å². The van der Waals surface area contributed by atoms with Crippen molar-refractivity contribution in [1.82, 2.24) is 4.90 Å². The molecule has 1 aliphatic heterocycles. The molecule has 1 fully saturated rings. The van der Waals surface area contributed by atoms with Gasteiger partial charge in [0.05, 0.1) is 6.61 Å². The third-order valence-electron chi connectivity index (χ3n) is 4.25. The van der Waals surface area contributed by atoms with Crippen molar-refractivity contribution in [2.75, 3.05) is 40.0 Å². The van der Waals surface area contributed by atoms with E-state index >= 15 is 0 Å². The van der Waals surface area contributed by atoms with Crippen molar-refractivity contribution in [3.8, 4) is 5.75 Å². The maximum Gasteiger partial charge on any atom is 0.122 e. The minimum atomic E-state index is -0.457. The Kier molecular flexibility index (Phi) is 6.68. The highest BCUT2D eigenvalue weighted by Crippen LogP contribution is 2.20. The van der Waals surface area contributed by atoms with Gasteiger partial charge < -0.3 is 19.5 Å². The molecule has 2 unspecified atom stereocenters. The van der Waals surface area contributed by atoms with E-state index < -0.39 is 6.10 Å². The number of benzene rings is 1. The van der Waals surface area contributed by atoms with E-state index in [2.05, 4.69) is 17.0 Å². The number of ether oxygens (including phenoxy) is 2. The Hall–Kier alpha value is -1.10. The normalized spacial score (nSPS) is 20.8. The van der Waals surface area contributed by atoms with Crippen LogP contribution in [-0.2, 0) is 4.74 Å². The van der Waals surface area contributed by atoms with Gasteiger partial charge in [-0.1, -0.05) is 12.1 Å². The molecule has 0 aliphatic carbocycles. The van der Waals surface area contributed by atoms with Crippen LogP contribution in [0, 0.1) is 19.8 Å². The largest absolute Gasteiger partial charge is 0.491 e. The van der Waals surface area contributed by atoms with E-state index in [4.69, 9.17) is 9.47 Å². The Balaban J connectivity index is 1.77. The van der Waals surface area contributed by atoms with Gasteiger partial charge in [-0.15, -0.1) is 0 Å². The van der Waals surface area contributed by atoms with Gasteiger partial charge in [-0.2, -0.15) is 0 Å². The van der Waals surface area contributed by atoms with Crippen LogP contribution in [0.2, 0.25) is 0 Å². The van der Waals surface area contributed by atoms with Gasteiger partial charge in [-0.05, 0) is 56.3 Å². The predicted octanol–water partition coefficient (Wildman–Crippen LogP) is 2.40. The summed E-state index contributed by atoms with van der Waals surface area (Å²) in [5.74, 6) is 1.46. The zero-order chi connectivity index (χ0) is 15.9. The minimum absolute atomic E-state index is 0.343. The minimum Gasteiger partial charge on any atom is -0.491 e. The molecule has 1 heterocycles. The van der Waals surface area contributed by atoms with Gasteiger partial charge >= 0.3 is 0 Å². The van der Waals surface area contributed by atoms with Crippen LogP contribution in [0.15, 0.2) is 18.2 Å². The summed E-state index contributed by atoms with van der Waals surface area (Å²) < 4.78 is 11.0. The summed E-state index contributed by atoms with van der Waals surface area (Å²) >= 11 is 0. The molecule has 124 valence electrons. The molecule has 4 heteroatoms. The fraction of sp³-hybridized carbons (Fsp3) is 0.667. The molecule has 1 saturated heterocycles. The van der Waals surface area contributed by atoms with E-state index in [-0.39, 0.29) is 0 Å². The average molecular weight is 307 g/mol. The summed E-state index contributed by atoms with van der Waals surface area (Å²) in [4.78, 5) is 2.32. The van der Waals surface area contributed by atoms with Crippen LogP contribution in [-0.4, -0.2) is 56.1 Å². The number of hydrogen-bond donors (Lipinski definition) is 1. The van der Waals surface area contributed by atoms with E-state index in [1.807, 2.05) is 19.9 Å². The molecule has 1 aliphatic rings. The van der Waals surface area contributed by atoms with E-state index in [0.717, 1.165) is 31.0 Å². The highest BCUT2D eigenvalue weighted by atomic mass is 16.5. The standard InChI is InChI=1S/C18H29NO3/c1-14-6-7-15(2)18(9-14)22-13-17(20)11-19-8-4-5-16(10-19)12-21-3/h6-7,9,16-17,20H,4-5,8,10-13H2,1-3H3. The van der Waals surface area contributed by atoms with Crippen LogP contribution in [0.5, 0.6) is 5.75 Å². The fourth-order valence-electron chi connectivity index (χ4n) is 3.09. The third kappa shape index (κ3) is 5.27. The lowest BCUT2D eigenvalue weighted by molar-refractivity contribution is 0.0369. The third-order valence-corrected chi connectivity index (χ3v) is 4.25. The number of aliphatic hydroxyl groups is 1. The van der Waals surface area contributed by atoms with Gasteiger partial charge in [0.2, 0.25) is 0 Å². The number of rotatable bonds is 7. The Bertz CT molecular complexity index is 462. The van der Waals surface area contributed by atoms with Gasteiger partial charge in [-0.3, -0.25) is 0 Å². The molecule has 0 spiro atoms. The summed E-state index contributed by atoms with van der Waals surface area (Å²) in [6.07, 6.45) is 1.94. The molecule has 0 saturated carbocycles. The topological polar surface area (TPSA) is 41.9 Å². The second-order valence-electron chi connectivity index (χ2n) is 6.46. The summed E-state index contributed by atoms with van der Waals surface area (Å²) in [5.41, 5.74) is 2.28. The Labute approximate surface area is 134 Å². The van der Waals surface area contributed by atoms with Crippen LogP contribution in [0.4, 0.5) is 0 Å². The molecule has 0 radical (unpaired) electrons. The summed E-state index contributed by atoms with van der Waals surface area (Å²) in [7, 11) is 1.76. The summed E-state index contributed by atoms with van der Waals surface area (Å²) in [6.45, 7) is 7.97. The molecule has 1 N–H and O–H groups in total. The number of aliphatic hydroxyl groups excluding tert-OH is 1. The van der Waals surface area contributed by atoms with Crippen molar-refractivity contribution in [3.63, 3.8) is 0 Å². The number of aryl methyl sites for hydroxylation is 2. The maximum absolute atomic E-state index is 10.2. The van der Waals surface area contributed by atoms with Gasteiger partial charge in [0.1, 0.15) is 18.5 Å². The van der Waals surface area contributed by atoms with E-state index in [1.165, 1.54) is 18.4 Å². The Morgan fingerprint density at radius 2 is 2.18 bits per heavy atom. The monoisotopic (exact) mass is 307 g/mol. The van der Waals surface area contributed by atoms with Crippen LogP contribution >= 0.6 is 0 Å². The Morgan fingerprint density at radius 1 is 1.36 bits per heavy atom. The van der Waals surface area contributed by atoms with Crippen molar-refractivity contribution < 1.29 is 14.6 Å². The summed E-state index contributed by atoms with van der Waals surface area (Å²) in [5, 5.41) is 10.2. The van der Waals surface area contributed by atoms with Crippen LogP contribution in [0.25, 0.3) is 0 Å². The van der Waals surface area contributed by atoms with Gasteiger partial charge in [0, 0.05) is 20.2 Å². The van der Waals surface area contributed by atoms with Gasteiger partial charge in [0.15, 0.2) is 0 Å². The molecule has 0 aromatic heterocycles. The predicted molar refractivity (Wildman–Crippen MR) is 88.5 cm³/mol. The molecular formula is C18H29NO3. The second kappa shape index (κ2) is 8.51. The molecule has 4 nitrogen and oxygen atoms in total. The van der Waals surface area contributed by atoms with E-state index in [1.54, 1.807) is 7.11 Å². The lowest BCUT2D eigenvalue weighted by Gasteiger charge is -2.33. The Morgan fingerprint density at radius 3 is 2.95 bits per heavy atom. The van der Waals surface area contributed by atoms with Gasteiger partial charge in [-0.25, -0.2) is 0 Å². The zero-order valence-corrected chi connectivity index (χ0v) is 14.0. The number of piperidine rings is 1. The maximum atomic E-state index is 10.2. The lowest BCUT2D eigenvalue weighted by Crippen LogP contribution is -2.42. The lowest BCUT2D eigenvalue weighted by atomic mass is 9.99. The number of β-amino-alcohol motifs (C(OH)–C–C–N with tert-alkyl or cyclic N) is 1. The molecule has 2 atom stereocenters. The molecule has 2 rings (SSSR count). The summed E-state index contributed by atoms with van der Waals surface area (Å²) in [6, 6.07) is 6.15. The molecule has 1 aromatic rings. The first-order valence-corrected chi connectivity index (χ1v) is 8.18.